The number of aromatic nitrogens is 3. The molecule has 6 heteroatoms. The number of amides is 1. The summed E-state index contributed by atoms with van der Waals surface area (Å²) in [5, 5.41) is 17.5. The molecule has 0 aliphatic heterocycles. The lowest BCUT2D eigenvalue weighted by Crippen LogP contribution is -2.33. The molecule has 132 valence electrons. The first kappa shape index (κ1) is 16.5. The lowest BCUT2D eigenvalue weighted by atomic mass is 10.1. The third-order valence-corrected chi connectivity index (χ3v) is 4.79. The topological polar surface area (TPSA) is 80.0 Å². The first-order chi connectivity index (χ1) is 12.7. The number of fused-ring (bicyclic) bond motifs is 1. The van der Waals surface area contributed by atoms with Gasteiger partial charge in [0.05, 0.1) is 12.1 Å². The molecular weight excluding hydrogens is 328 g/mol. The highest BCUT2D eigenvalue weighted by Crippen LogP contribution is 2.31. The number of carbonyl (C=O) groups excluding carboxylic acids is 1. The molecule has 26 heavy (non-hydrogen) atoms. The molecule has 0 bridgehead atoms. The number of aliphatic hydroxyl groups is 1. The Balaban J connectivity index is 1.59. The van der Waals surface area contributed by atoms with Gasteiger partial charge in [0.15, 0.2) is 5.82 Å². The molecule has 1 heterocycles. The predicted octanol–water partition coefficient (Wildman–Crippen LogP) is 2.35. The highest BCUT2D eigenvalue weighted by Gasteiger charge is 2.32. The minimum atomic E-state index is -0.609. The van der Waals surface area contributed by atoms with Crippen LogP contribution in [0.1, 0.15) is 34.5 Å². The summed E-state index contributed by atoms with van der Waals surface area (Å²) >= 11 is 0. The Bertz CT molecular complexity index is 950. The number of hydrogen-bond acceptors (Lipinski definition) is 4. The van der Waals surface area contributed by atoms with Crippen LogP contribution in [0.5, 0.6) is 0 Å². The Morgan fingerprint density at radius 1 is 1.27 bits per heavy atom. The van der Waals surface area contributed by atoms with E-state index in [0.717, 1.165) is 22.5 Å². The zero-order valence-electron chi connectivity index (χ0n) is 14.5. The van der Waals surface area contributed by atoms with Gasteiger partial charge in [-0.25, -0.2) is 9.67 Å². The fourth-order valence-electron chi connectivity index (χ4n) is 3.49. The minimum absolute atomic E-state index is 0.213. The van der Waals surface area contributed by atoms with Crippen molar-refractivity contribution < 1.29 is 9.90 Å². The van der Waals surface area contributed by atoms with Gasteiger partial charge in [-0.2, -0.15) is 5.10 Å². The second kappa shape index (κ2) is 6.72. The molecule has 4 rings (SSSR count). The van der Waals surface area contributed by atoms with Crippen molar-refractivity contribution in [1.82, 2.24) is 20.1 Å². The highest BCUT2D eigenvalue weighted by molar-refractivity contribution is 5.95. The third-order valence-electron chi connectivity index (χ3n) is 4.79. The van der Waals surface area contributed by atoms with E-state index in [1.807, 2.05) is 43.3 Å². The van der Waals surface area contributed by atoms with Crippen molar-refractivity contribution in [2.24, 2.45) is 0 Å². The number of aliphatic hydroxyl groups excluding tert-OH is 1. The maximum absolute atomic E-state index is 12.8. The molecule has 3 aromatic rings. The van der Waals surface area contributed by atoms with E-state index in [4.69, 9.17) is 0 Å². The van der Waals surface area contributed by atoms with Gasteiger partial charge in [0, 0.05) is 24.1 Å². The molecule has 1 aliphatic rings. The highest BCUT2D eigenvalue weighted by atomic mass is 16.3. The molecule has 1 amide bonds. The molecule has 0 fully saturated rings. The molecule has 2 N–H and O–H groups in total. The molecule has 6 nitrogen and oxygen atoms in total. The summed E-state index contributed by atoms with van der Waals surface area (Å²) in [6.45, 7) is 2.70. The van der Waals surface area contributed by atoms with Crippen molar-refractivity contribution in [2.75, 3.05) is 0 Å². The summed E-state index contributed by atoms with van der Waals surface area (Å²) in [5.74, 6) is 0.517. The molecule has 1 aromatic heterocycles. The summed E-state index contributed by atoms with van der Waals surface area (Å²) in [5.41, 5.74) is 3.43. The molecular formula is C20H20N4O2. The van der Waals surface area contributed by atoms with E-state index in [-0.39, 0.29) is 11.9 Å². The van der Waals surface area contributed by atoms with Gasteiger partial charge in [-0.15, -0.1) is 0 Å². The van der Waals surface area contributed by atoms with Crippen LogP contribution in [-0.4, -0.2) is 31.9 Å². The predicted molar refractivity (Wildman–Crippen MR) is 97.5 cm³/mol. The number of aryl methyl sites for hydroxylation is 1. The molecule has 0 saturated heterocycles. The minimum Gasteiger partial charge on any atom is -0.390 e. The van der Waals surface area contributed by atoms with E-state index in [9.17, 15) is 9.90 Å². The monoisotopic (exact) mass is 348 g/mol. The number of rotatable bonds is 4. The van der Waals surface area contributed by atoms with Gasteiger partial charge < -0.3 is 10.4 Å². The molecule has 1 aliphatic carbocycles. The first-order valence-electron chi connectivity index (χ1n) is 8.72. The first-order valence-corrected chi connectivity index (χ1v) is 8.72. The summed E-state index contributed by atoms with van der Waals surface area (Å²) in [6.07, 6.45) is 1.46. The molecule has 0 unspecified atom stereocenters. The van der Waals surface area contributed by atoms with Gasteiger partial charge in [0.25, 0.3) is 5.91 Å². The summed E-state index contributed by atoms with van der Waals surface area (Å²) in [7, 11) is 0. The van der Waals surface area contributed by atoms with Crippen LogP contribution in [0, 0.1) is 0 Å². The zero-order valence-corrected chi connectivity index (χ0v) is 14.5. The van der Waals surface area contributed by atoms with Crippen LogP contribution in [0.4, 0.5) is 0 Å². The molecule has 2 atom stereocenters. The van der Waals surface area contributed by atoms with Gasteiger partial charge in [-0.05, 0) is 30.2 Å². The van der Waals surface area contributed by atoms with E-state index >= 15 is 0 Å². The molecule has 0 spiro atoms. The van der Waals surface area contributed by atoms with E-state index in [1.54, 1.807) is 16.8 Å². The van der Waals surface area contributed by atoms with Crippen molar-refractivity contribution in [1.29, 1.82) is 0 Å². The van der Waals surface area contributed by atoms with Gasteiger partial charge in [0.1, 0.15) is 6.33 Å². The maximum Gasteiger partial charge on any atom is 0.251 e. The Labute approximate surface area is 151 Å². The van der Waals surface area contributed by atoms with Crippen molar-refractivity contribution in [3.8, 4) is 11.4 Å². The standard InChI is InChI=1S/C20H20N4O2/c1-2-24-19(21-12-22-24)14-7-5-8-15(10-14)20(26)23-18-16-9-4-3-6-13(16)11-17(18)25/h3-10,12,17-18,25H,2,11H2,1H3,(H,23,26)/t17-,18+/m0/s1. The van der Waals surface area contributed by atoms with Crippen LogP contribution in [-0.2, 0) is 13.0 Å². The van der Waals surface area contributed by atoms with Crippen molar-refractivity contribution in [3.05, 3.63) is 71.5 Å². The SMILES string of the molecule is CCn1ncnc1-c1cccc(C(=O)N[C@@H]2c3ccccc3C[C@@H]2O)c1. The van der Waals surface area contributed by atoms with E-state index < -0.39 is 6.10 Å². The van der Waals surface area contributed by atoms with Crippen LogP contribution < -0.4 is 5.32 Å². The molecule has 2 aromatic carbocycles. The number of nitrogens with zero attached hydrogens (tertiary/aromatic N) is 3. The van der Waals surface area contributed by atoms with Crippen molar-refractivity contribution >= 4 is 5.91 Å². The fourth-order valence-corrected chi connectivity index (χ4v) is 3.49. The fraction of sp³-hybridized carbons (Fsp3) is 0.250. The van der Waals surface area contributed by atoms with Crippen LogP contribution in [0.15, 0.2) is 54.9 Å². The Kier molecular flexibility index (Phi) is 4.26. The van der Waals surface area contributed by atoms with E-state index in [1.165, 1.54) is 6.33 Å². The van der Waals surface area contributed by atoms with Gasteiger partial charge in [0.2, 0.25) is 0 Å². The van der Waals surface area contributed by atoms with Crippen LogP contribution >= 0.6 is 0 Å². The largest absolute Gasteiger partial charge is 0.390 e. The second-order valence-corrected chi connectivity index (χ2v) is 6.40. The lowest BCUT2D eigenvalue weighted by Gasteiger charge is -2.18. The van der Waals surface area contributed by atoms with Crippen molar-refractivity contribution in [2.45, 2.75) is 32.0 Å². The quantitative estimate of drug-likeness (QED) is 0.758. The number of benzene rings is 2. The van der Waals surface area contributed by atoms with E-state index in [2.05, 4.69) is 15.4 Å². The maximum atomic E-state index is 12.8. The number of hydrogen-bond donors (Lipinski definition) is 2. The van der Waals surface area contributed by atoms with Gasteiger partial charge >= 0.3 is 0 Å². The Morgan fingerprint density at radius 2 is 2.12 bits per heavy atom. The summed E-state index contributed by atoms with van der Waals surface area (Å²) in [6, 6.07) is 14.7. The average molecular weight is 348 g/mol. The third kappa shape index (κ3) is 2.88. The number of nitrogens with one attached hydrogen (secondary N) is 1. The Morgan fingerprint density at radius 3 is 2.96 bits per heavy atom. The molecule has 0 saturated carbocycles. The normalized spacial score (nSPS) is 18.5. The Hall–Kier alpha value is -2.99. The van der Waals surface area contributed by atoms with Crippen LogP contribution in [0.3, 0.4) is 0 Å². The number of carbonyl (C=O) groups is 1. The van der Waals surface area contributed by atoms with Gasteiger partial charge in [-0.3, -0.25) is 4.79 Å². The lowest BCUT2D eigenvalue weighted by molar-refractivity contribution is 0.0858. The molecule has 0 radical (unpaired) electrons. The van der Waals surface area contributed by atoms with E-state index in [0.29, 0.717) is 18.5 Å². The average Bonchev–Trinajstić information content (AvgIpc) is 3.26. The summed E-state index contributed by atoms with van der Waals surface area (Å²) < 4.78 is 1.79. The van der Waals surface area contributed by atoms with Gasteiger partial charge in [-0.1, -0.05) is 36.4 Å². The zero-order chi connectivity index (χ0) is 18.1. The van der Waals surface area contributed by atoms with Crippen LogP contribution in [0.25, 0.3) is 11.4 Å². The van der Waals surface area contributed by atoms with Crippen molar-refractivity contribution in [3.63, 3.8) is 0 Å². The van der Waals surface area contributed by atoms with Crippen LogP contribution in [0.2, 0.25) is 0 Å². The second-order valence-electron chi connectivity index (χ2n) is 6.40. The summed E-state index contributed by atoms with van der Waals surface area (Å²) in [4.78, 5) is 17.1. The smallest absolute Gasteiger partial charge is 0.251 e.